The second kappa shape index (κ2) is 10.6. The van der Waals surface area contributed by atoms with Crippen molar-refractivity contribution in [1.29, 1.82) is 0 Å². The maximum atomic E-state index is 12.4. The topological polar surface area (TPSA) is 32.3 Å². The Morgan fingerprint density at radius 1 is 1.12 bits per heavy atom. The minimum Gasteiger partial charge on any atom is -0.353 e. The summed E-state index contributed by atoms with van der Waals surface area (Å²) in [6, 6.07) is 8.45. The predicted octanol–water partition coefficient (Wildman–Crippen LogP) is 4.98. The van der Waals surface area contributed by atoms with Crippen LogP contribution in [0.3, 0.4) is 0 Å². The van der Waals surface area contributed by atoms with Gasteiger partial charge in [0.2, 0.25) is 5.91 Å². The normalized spacial score (nSPS) is 20.2. The lowest BCUT2D eigenvalue weighted by Crippen LogP contribution is -2.46. The lowest BCUT2D eigenvalue weighted by molar-refractivity contribution is -0.127. The van der Waals surface area contributed by atoms with Gasteiger partial charge in [0.25, 0.3) is 0 Å². The van der Waals surface area contributed by atoms with E-state index in [1.54, 1.807) is 0 Å². The lowest BCUT2D eigenvalue weighted by Gasteiger charge is -2.33. The van der Waals surface area contributed by atoms with Crippen LogP contribution in [0.2, 0.25) is 5.02 Å². The standard InChI is InChI=1S/C21H31ClN2OS/c22-19-9-4-5-10-20(19)26-16-6-13-24-14-11-18(12-15-24)23-21(25)17-7-2-1-3-8-17/h4-5,9-10,17-18H,1-3,6-8,11-16H2,(H,23,25). The average Bonchev–Trinajstić information content (AvgIpc) is 2.68. The van der Waals surface area contributed by atoms with E-state index in [4.69, 9.17) is 11.6 Å². The first-order valence-corrected chi connectivity index (χ1v) is 11.5. The molecule has 3 nitrogen and oxygen atoms in total. The molecular formula is C21H31ClN2OS. The number of piperidine rings is 1. The number of carbonyl (C=O) groups excluding carboxylic acids is 1. The molecule has 3 rings (SSSR count). The number of thioether (sulfide) groups is 1. The largest absolute Gasteiger partial charge is 0.353 e. The molecule has 26 heavy (non-hydrogen) atoms. The Morgan fingerprint density at radius 3 is 2.58 bits per heavy atom. The van der Waals surface area contributed by atoms with Gasteiger partial charge in [0.05, 0.1) is 5.02 Å². The highest BCUT2D eigenvalue weighted by atomic mass is 35.5. The minimum absolute atomic E-state index is 0.281. The molecule has 0 radical (unpaired) electrons. The molecule has 1 aliphatic heterocycles. The lowest BCUT2D eigenvalue weighted by atomic mass is 9.88. The first-order chi connectivity index (χ1) is 12.7. The molecule has 1 aliphatic carbocycles. The first kappa shape index (κ1) is 20.0. The molecule has 0 atom stereocenters. The maximum Gasteiger partial charge on any atom is 0.223 e. The van der Waals surface area contributed by atoms with Crippen molar-refractivity contribution < 1.29 is 4.79 Å². The number of nitrogens with zero attached hydrogens (tertiary/aromatic N) is 1. The molecule has 0 unspecified atom stereocenters. The fourth-order valence-corrected chi connectivity index (χ4v) is 5.19. The Hall–Kier alpha value is -0.710. The van der Waals surface area contributed by atoms with Gasteiger partial charge in [-0.05, 0) is 56.5 Å². The van der Waals surface area contributed by atoms with E-state index in [1.807, 2.05) is 30.0 Å². The molecule has 0 spiro atoms. The second-order valence-electron chi connectivity index (χ2n) is 7.59. The van der Waals surface area contributed by atoms with Crippen LogP contribution in [-0.2, 0) is 4.79 Å². The zero-order chi connectivity index (χ0) is 18.2. The number of hydrogen-bond donors (Lipinski definition) is 1. The van der Waals surface area contributed by atoms with Crippen molar-refractivity contribution in [2.75, 3.05) is 25.4 Å². The van der Waals surface area contributed by atoms with Crippen LogP contribution < -0.4 is 5.32 Å². The molecule has 1 saturated heterocycles. The summed E-state index contributed by atoms with van der Waals surface area (Å²) in [7, 11) is 0. The highest BCUT2D eigenvalue weighted by molar-refractivity contribution is 7.99. The Balaban J connectivity index is 1.29. The van der Waals surface area contributed by atoms with Crippen LogP contribution in [0.25, 0.3) is 0 Å². The summed E-state index contributed by atoms with van der Waals surface area (Å²) in [6.07, 6.45) is 9.30. The number of likely N-dealkylation sites (tertiary alicyclic amines) is 1. The molecular weight excluding hydrogens is 364 g/mol. The van der Waals surface area contributed by atoms with Crippen LogP contribution >= 0.6 is 23.4 Å². The van der Waals surface area contributed by atoms with Crippen LogP contribution in [-0.4, -0.2) is 42.2 Å². The highest BCUT2D eigenvalue weighted by Crippen LogP contribution is 2.27. The summed E-state index contributed by atoms with van der Waals surface area (Å²) in [4.78, 5) is 16.1. The quantitative estimate of drug-likeness (QED) is 0.522. The monoisotopic (exact) mass is 394 g/mol. The van der Waals surface area contributed by atoms with Crippen molar-refractivity contribution in [2.24, 2.45) is 5.92 Å². The van der Waals surface area contributed by atoms with Crippen molar-refractivity contribution in [3.8, 4) is 0 Å². The fourth-order valence-electron chi connectivity index (χ4n) is 4.02. The van der Waals surface area contributed by atoms with Crippen LogP contribution in [0.15, 0.2) is 29.2 Å². The van der Waals surface area contributed by atoms with Gasteiger partial charge < -0.3 is 10.2 Å². The Bertz CT molecular complexity index is 569. The van der Waals surface area contributed by atoms with E-state index in [2.05, 4.69) is 16.3 Å². The molecule has 1 aromatic carbocycles. The summed E-state index contributed by atoms with van der Waals surface area (Å²) < 4.78 is 0. The Morgan fingerprint density at radius 2 is 1.85 bits per heavy atom. The third-order valence-corrected chi connectivity index (χ3v) is 7.22. The maximum absolute atomic E-state index is 12.4. The van der Waals surface area contributed by atoms with Gasteiger partial charge >= 0.3 is 0 Å². The van der Waals surface area contributed by atoms with Gasteiger partial charge in [0.1, 0.15) is 0 Å². The van der Waals surface area contributed by atoms with Crippen LogP contribution in [0.4, 0.5) is 0 Å². The number of hydrogen-bond acceptors (Lipinski definition) is 3. The predicted molar refractivity (Wildman–Crippen MR) is 111 cm³/mol. The van der Waals surface area contributed by atoms with Gasteiger partial charge in [-0.15, -0.1) is 11.8 Å². The Labute approximate surface area is 167 Å². The Kier molecular flexibility index (Phi) is 8.15. The van der Waals surface area contributed by atoms with Gasteiger partial charge in [0, 0.05) is 29.9 Å². The van der Waals surface area contributed by atoms with Crippen LogP contribution in [0, 0.1) is 5.92 Å². The molecule has 1 heterocycles. The number of carbonyl (C=O) groups is 1. The summed E-state index contributed by atoms with van der Waals surface area (Å²) in [5.41, 5.74) is 0. The fraction of sp³-hybridized carbons (Fsp3) is 0.667. The number of nitrogens with one attached hydrogen (secondary N) is 1. The molecule has 2 fully saturated rings. The summed E-state index contributed by atoms with van der Waals surface area (Å²) in [5, 5.41) is 4.17. The van der Waals surface area contributed by atoms with Gasteiger partial charge in [-0.2, -0.15) is 0 Å². The van der Waals surface area contributed by atoms with Gasteiger partial charge in [-0.3, -0.25) is 4.79 Å². The van der Waals surface area contributed by atoms with E-state index in [1.165, 1.54) is 30.6 Å². The SMILES string of the molecule is O=C(NC1CCN(CCCSc2ccccc2Cl)CC1)C1CCCCC1. The summed E-state index contributed by atoms with van der Waals surface area (Å²) >= 11 is 8.04. The third-order valence-electron chi connectivity index (χ3n) is 5.62. The smallest absolute Gasteiger partial charge is 0.223 e. The van der Waals surface area contributed by atoms with E-state index in [9.17, 15) is 4.79 Å². The number of amides is 1. The molecule has 1 amide bonds. The summed E-state index contributed by atoms with van der Waals surface area (Å²) in [6.45, 7) is 3.35. The van der Waals surface area contributed by atoms with E-state index in [0.717, 1.165) is 56.1 Å². The summed E-state index contributed by atoms with van der Waals surface area (Å²) in [5.74, 6) is 1.70. The molecule has 1 aromatic rings. The number of rotatable bonds is 7. The molecule has 2 aliphatic rings. The average molecular weight is 395 g/mol. The van der Waals surface area contributed by atoms with Crippen molar-refractivity contribution >= 4 is 29.3 Å². The second-order valence-corrected chi connectivity index (χ2v) is 9.14. The molecule has 0 bridgehead atoms. The van der Waals surface area contributed by atoms with Crippen molar-refractivity contribution in [2.45, 2.75) is 62.3 Å². The molecule has 5 heteroatoms. The molecule has 144 valence electrons. The van der Waals surface area contributed by atoms with Crippen molar-refractivity contribution in [3.63, 3.8) is 0 Å². The highest BCUT2D eigenvalue weighted by Gasteiger charge is 2.25. The van der Waals surface area contributed by atoms with Crippen molar-refractivity contribution in [1.82, 2.24) is 10.2 Å². The zero-order valence-corrected chi connectivity index (χ0v) is 17.2. The molecule has 1 N–H and O–H groups in total. The molecule has 1 saturated carbocycles. The van der Waals surface area contributed by atoms with Crippen LogP contribution in [0.1, 0.15) is 51.4 Å². The van der Waals surface area contributed by atoms with Gasteiger partial charge in [-0.25, -0.2) is 0 Å². The first-order valence-electron chi connectivity index (χ1n) is 10.1. The van der Waals surface area contributed by atoms with Gasteiger partial charge in [-0.1, -0.05) is 43.0 Å². The zero-order valence-electron chi connectivity index (χ0n) is 15.6. The molecule has 0 aromatic heterocycles. The van der Waals surface area contributed by atoms with E-state index < -0.39 is 0 Å². The van der Waals surface area contributed by atoms with Crippen molar-refractivity contribution in [3.05, 3.63) is 29.3 Å². The van der Waals surface area contributed by atoms with E-state index >= 15 is 0 Å². The number of benzene rings is 1. The number of halogens is 1. The van der Waals surface area contributed by atoms with E-state index in [0.29, 0.717) is 11.9 Å². The van der Waals surface area contributed by atoms with Gasteiger partial charge in [0.15, 0.2) is 0 Å². The third kappa shape index (κ3) is 6.17. The minimum atomic E-state index is 0.281. The van der Waals surface area contributed by atoms with E-state index in [-0.39, 0.29) is 5.92 Å². The van der Waals surface area contributed by atoms with Crippen LogP contribution in [0.5, 0.6) is 0 Å².